The Kier molecular flexibility index (Phi) is 6.64. The molecule has 162 valence electrons. The number of rotatable bonds is 8. The van der Waals surface area contributed by atoms with E-state index in [1.54, 1.807) is 6.08 Å². The van der Waals surface area contributed by atoms with Crippen LogP contribution in [-0.2, 0) is 6.42 Å². The molecule has 1 heterocycles. The molecule has 0 bridgehead atoms. The molecule has 31 heavy (non-hydrogen) atoms. The van der Waals surface area contributed by atoms with Gasteiger partial charge in [0.25, 0.3) is 0 Å². The summed E-state index contributed by atoms with van der Waals surface area (Å²) >= 11 is 0. The lowest BCUT2D eigenvalue weighted by Crippen LogP contribution is -2.26. The van der Waals surface area contributed by atoms with E-state index in [2.05, 4.69) is 77.8 Å². The Bertz CT molecular complexity index is 985. The molecule has 2 aliphatic carbocycles. The summed E-state index contributed by atoms with van der Waals surface area (Å²) in [6.45, 7) is 4.02. The lowest BCUT2D eigenvalue weighted by atomic mass is 9.87. The maximum atomic E-state index is 8.93. The molecular formula is C26H32N4O. The van der Waals surface area contributed by atoms with Gasteiger partial charge in [0.1, 0.15) is 0 Å². The standard InChI is InChI=1S/C26H32N4O/c1-3-20-9-6-11-22(17-20)28-25-27-14-8-12-24(29-25)26-13-7-10-21(23(26)18-26)19-30(2)15-4-5-16-31/h4-11,13-14,17,23,31H,3,12,15-16,18-19H2,1-2H3,(H,27,28)/b5-4+. The van der Waals surface area contributed by atoms with Crippen molar-refractivity contribution >= 4 is 17.4 Å². The second-order valence-electron chi connectivity index (χ2n) is 8.53. The van der Waals surface area contributed by atoms with Gasteiger partial charge in [0.15, 0.2) is 0 Å². The molecule has 0 spiro atoms. The molecule has 0 saturated heterocycles. The lowest BCUT2D eigenvalue weighted by Gasteiger charge is -2.23. The third-order valence-electron chi connectivity index (χ3n) is 6.28. The number of hydrogen-bond donors (Lipinski definition) is 2. The van der Waals surface area contributed by atoms with Crippen molar-refractivity contribution in [1.82, 2.24) is 4.90 Å². The fourth-order valence-electron chi connectivity index (χ4n) is 4.51. The van der Waals surface area contributed by atoms with Gasteiger partial charge in [-0.3, -0.25) is 4.90 Å². The lowest BCUT2D eigenvalue weighted by molar-refractivity contribution is 0.340. The first kappa shape index (κ1) is 21.5. The number of aliphatic imine (C=N–C) groups is 2. The summed E-state index contributed by atoms with van der Waals surface area (Å²) in [7, 11) is 2.12. The van der Waals surface area contributed by atoms with E-state index < -0.39 is 0 Å². The van der Waals surface area contributed by atoms with Gasteiger partial charge >= 0.3 is 0 Å². The van der Waals surface area contributed by atoms with E-state index in [0.717, 1.165) is 38.0 Å². The molecule has 5 heteroatoms. The molecule has 2 unspecified atom stereocenters. The van der Waals surface area contributed by atoms with Crippen molar-refractivity contribution < 1.29 is 5.11 Å². The van der Waals surface area contributed by atoms with E-state index in [0.29, 0.717) is 11.9 Å². The van der Waals surface area contributed by atoms with Gasteiger partial charge in [-0.15, -0.1) is 0 Å². The predicted molar refractivity (Wildman–Crippen MR) is 130 cm³/mol. The second kappa shape index (κ2) is 9.58. The van der Waals surface area contributed by atoms with Crippen LogP contribution in [0.1, 0.15) is 25.3 Å². The third-order valence-corrected chi connectivity index (χ3v) is 6.28. The molecule has 0 radical (unpaired) electrons. The molecule has 0 aromatic heterocycles. The maximum Gasteiger partial charge on any atom is 0.227 e. The number of anilines is 1. The molecular weight excluding hydrogens is 384 g/mol. The van der Waals surface area contributed by atoms with Crippen LogP contribution < -0.4 is 5.32 Å². The molecule has 1 fully saturated rings. The van der Waals surface area contributed by atoms with Crippen molar-refractivity contribution in [2.75, 3.05) is 32.1 Å². The molecule has 1 aromatic carbocycles. The summed E-state index contributed by atoms with van der Waals surface area (Å²) in [5.74, 6) is 1.17. The number of hydrogen-bond acceptors (Lipinski definition) is 5. The third kappa shape index (κ3) is 4.94. The van der Waals surface area contributed by atoms with E-state index in [1.165, 1.54) is 16.8 Å². The number of guanidine groups is 1. The topological polar surface area (TPSA) is 60.2 Å². The van der Waals surface area contributed by atoms with Gasteiger partial charge < -0.3 is 10.4 Å². The Morgan fingerprint density at radius 3 is 3.06 bits per heavy atom. The number of nitrogens with zero attached hydrogens (tertiary/aromatic N) is 3. The summed E-state index contributed by atoms with van der Waals surface area (Å²) in [4.78, 5) is 11.8. The highest BCUT2D eigenvalue weighted by atomic mass is 16.2. The SMILES string of the molecule is CCc1cccc(NC2=NC=CCC(C34C=CC=C(CN(C)C/C=C/CO)C3C4)=N2)c1. The second-order valence-corrected chi connectivity index (χ2v) is 8.53. The first-order valence-corrected chi connectivity index (χ1v) is 11.1. The van der Waals surface area contributed by atoms with E-state index in [9.17, 15) is 0 Å². The molecule has 3 aliphatic rings. The molecule has 1 saturated carbocycles. The van der Waals surface area contributed by atoms with E-state index in [-0.39, 0.29) is 12.0 Å². The molecule has 0 amide bonds. The molecule has 5 nitrogen and oxygen atoms in total. The fourth-order valence-corrected chi connectivity index (χ4v) is 4.51. The number of likely N-dealkylation sites (N-methyl/N-ethyl adjacent to an activating group) is 1. The Hall–Kier alpha value is -2.76. The number of fused-ring (bicyclic) bond motifs is 1. The molecule has 2 N–H and O–H groups in total. The van der Waals surface area contributed by atoms with Gasteiger partial charge in [-0.25, -0.2) is 9.98 Å². The summed E-state index contributed by atoms with van der Waals surface area (Å²) in [6, 6.07) is 8.43. The number of aryl methyl sites for hydroxylation is 1. The van der Waals surface area contributed by atoms with Crippen LogP contribution in [-0.4, -0.2) is 48.4 Å². The summed E-state index contributed by atoms with van der Waals surface area (Å²) in [6.07, 6.45) is 17.5. The smallest absolute Gasteiger partial charge is 0.227 e. The average molecular weight is 417 g/mol. The van der Waals surface area contributed by atoms with Crippen molar-refractivity contribution in [3.8, 4) is 0 Å². The van der Waals surface area contributed by atoms with Crippen LogP contribution in [0.3, 0.4) is 0 Å². The van der Waals surface area contributed by atoms with Crippen LogP contribution in [0.2, 0.25) is 0 Å². The zero-order valence-corrected chi connectivity index (χ0v) is 18.5. The first-order chi connectivity index (χ1) is 15.1. The number of allylic oxidation sites excluding steroid dienone is 4. The molecule has 4 rings (SSSR count). The minimum absolute atomic E-state index is 0.0221. The Balaban J connectivity index is 1.47. The highest BCUT2D eigenvalue weighted by Crippen LogP contribution is 2.61. The minimum atomic E-state index is 0.0221. The minimum Gasteiger partial charge on any atom is -0.392 e. The quantitative estimate of drug-likeness (QED) is 0.619. The monoisotopic (exact) mass is 416 g/mol. The molecule has 1 aromatic rings. The van der Waals surface area contributed by atoms with E-state index >= 15 is 0 Å². The van der Waals surface area contributed by atoms with Gasteiger partial charge in [-0.05, 0) is 43.5 Å². The zero-order chi connectivity index (χ0) is 21.7. The number of aliphatic hydroxyl groups excluding tert-OH is 1. The normalized spacial score (nSPS) is 24.5. The van der Waals surface area contributed by atoms with Crippen LogP contribution in [0.5, 0.6) is 0 Å². The van der Waals surface area contributed by atoms with Crippen molar-refractivity contribution in [2.24, 2.45) is 21.3 Å². The molecule has 2 atom stereocenters. The zero-order valence-electron chi connectivity index (χ0n) is 18.5. The van der Waals surface area contributed by atoms with Crippen LogP contribution in [0, 0.1) is 11.3 Å². The van der Waals surface area contributed by atoms with Crippen LogP contribution in [0.25, 0.3) is 0 Å². The van der Waals surface area contributed by atoms with Crippen molar-refractivity contribution in [2.45, 2.75) is 26.2 Å². The van der Waals surface area contributed by atoms with Gasteiger partial charge in [-0.2, -0.15) is 0 Å². The molecule has 1 aliphatic heterocycles. The van der Waals surface area contributed by atoms with Gasteiger partial charge in [0.05, 0.1) is 6.61 Å². The van der Waals surface area contributed by atoms with Crippen LogP contribution in [0.4, 0.5) is 5.69 Å². The van der Waals surface area contributed by atoms with Gasteiger partial charge in [0.2, 0.25) is 5.96 Å². The Morgan fingerprint density at radius 2 is 2.23 bits per heavy atom. The number of benzene rings is 1. The number of nitrogens with one attached hydrogen (secondary N) is 1. The fraction of sp³-hybridized carbons (Fsp3) is 0.385. The first-order valence-electron chi connectivity index (χ1n) is 11.1. The highest BCUT2D eigenvalue weighted by Gasteiger charge is 2.57. The number of aliphatic hydroxyl groups is 1. The van der Waals surface area contributed by atoms with Crippen LogP contribution in [0.15, 0.2) is 82.5 Å². The Morgan fingerprint density at radius 1 is 1.32 bits per heavy atom. The average Bonchev–Trinajstić information content (AvgIpc) is 3.56. The van der Waals surface area contributed by atoms with Gasteiger partial charge in [0, 0.05) is 42.5 Å². The summed E-state index contributed by atoms with van der Waals surface area (Å²) < 4.78 is 0. The largest absolute Gasteiger partial charge is 0.392 e. The van der Waals surface area contributed by atoms with Crippen LogP contribution >= 0.6 is 0 Å². The van der Waals surface area contributed by atoms with E-state index in [4.69, 9.17) is 10.1 Å². The highest BCUT2D eigenvalue weighted by molar-refractivity contribution is 6.08. The summed E-state index contributed by atoms with van der Waals surface area (Å²) in [5.41, 5.74) is 4.99. The van der Waals surface area contributed by atoms with Crippen molar-refractivity contribution in [3.05, 3.63) is 78.1 Å². The maximum absolute atomic E-state index is 8.93. The predicted octanol–water partition coefficient (Wildman–Crippen LogP) is 4.36. The van der Waals surface area contributed by atoms with Crippen molar-refractivity contribution in [1.29, 1.82) is 0 Å². The summed E-state index contributed by atoms with van der Waals surface area (Å²) in [5, 5.41) is 12.3. The van der Waals surface area contributed by atoms with Crippen molar-refractivity contribution in [3.63, 3.8) is 0 Å². The van der Waals surface area contributed by atoms with E-state index in [1.807, 2.05) is 12.3 Å². The van der Waals surface area contributed by atoms with Gasteiger partial charge in [-0.1, -0.05) is 61.1 Å². The Labute approximate surface area is 185 Å².